The molecule has 0 heterocycles. The van der Waals surface area contributed by atoms with Crippen molar-refractivity contribution in [2.45, 2.75) is 30.6 Å². The normalized spacial score (nSPS) is 11.5. The zero-order valence-electron chi connectivity index (χ0n) is 19.7. The van der Waals surface area contributed by atoms with E-state index in [-0.39, 0.29) is 26.8 Å². The second-order valence-electron chi connectivity index (χ2n) is 7.76. The van der Waals surface area contributed by atoms with Crippen molar-refractivity contribution in [3.05, 3.63) is 77.4 Å². The lowest BCUT2D eigenvalue weighted by Crippen LogP contribution is -2.24. The molecular weight excluding hydrogens is 490 g/mol. The maximum absolute atomic E-state index is 12.9. The van der Waals surface area contributed by atoms with Gasteiger partial charge in [0.2, 0.25) is 0 Å². The Morgan fingerprint density at radius 3 is 1.94 bits per heavy atom. The maximum Gasteiger partial charge on any atom is 0.261 e. The monoisotopic (exact) mass is 517 g/mol. The Kier molecular flexibility index (Phi) is 7.71. The van der Waals surface area contributed by atoms with E-state index in [1.165, 1.54) is 49.6 Å². The van der Waals surface area contributed by atoms with Gasteiger partial charge in [-0.2, -0.15) is 0 Å². The summed E-state index contributed by atoms with van der Waals surface area (Å²) in [4.78, 5) is 12.1. The molecule has 0 unspecified atom stereocenters. The van der Waals surface area contributed by atoms with Crippen LogP contribution in [0, 0.1) is 13.8 Å². The quantitative estimate of drug-likeness (QED) is 0.397. The van der Waals surface area contributed by atoms with Crippen LogP contribution in [-0.4, -0.2) is 36.4 Å². The van der Waals surface area contributed by atoms with Crippen molar-refractivity contribution in [1.29, 1.82) is 0 Å². The Bertz CT molecular complexity index is 1450. The van der Waals surface area contributed by atoms with Gasteiger partial charge in [-0.05, 0) is 86.5 Å². The molecule has 0 saturated carbocycles. The highest BCUT2D eigenvalue weighted by molar-refractivity contribution is 7.93. The van der Waals surface area contributed by atoms with Crippen LogP contribution in [0.25, 0.3) is 0 Å². The first kappa shape index (κ1) is 26.0. The third kappa shape index (κ3) is 6.11. The van der Waals surface area contributed by atoms with Crippen LogP contribution < -0.4 is 19.5 Å². The zero-order chi connectivity index (χ0) is 25.8. The molecule has 0 aliphatic heterocycles. The lowest BCUT2D eigenvalue weighted by molar-refractivity contribution is 0.0952. The largest absolute Gasteiger partial charge is 0.496 e. The molecule has 186 valence electrons. The molecule has 0 aromatic heterocycles. The van der Waals surface area contributed by atoms with Gasteiger partial charge >= 0.3 is 0 Å². The fourth-order valence-electron chi connectivity index (χ4n) is 3.22. The molecule has 0 radical (unpaired) electrons. The Balaban J connectivity index is 1.81. The number of sulfonamides is 2. The van der Waals surface area contributed by atoms with Gasteiger partial charge in [-0.1, -0.05) is 6.07 Å². The van der Waals surface area contributed by atoms with Crippen LogP contribution in [0.1, 0.15) is 28.4 Å². The van der Waals surface area contributed by atoms with Gasteiger partial charge in [0.05, 0.1) is 22.5 Å². The van der Waals surface area contributed by atoms with Crippen molar-refractivity contribution < 1.29 is 26.4 Å². The van der Waals surface area contributed by atoms with E-state index in [0.717, 1.165) is 11.1 Å². The Morgan fingerprint density at radius 1 is 0.771 bits per heavy atom. The van der Waals surface area contributed by atoms with Gasteiger partial charge in [-0.15, -0.1) is 0 Å². The average Bonchev–Trinajstić information content (AvgIpc) is 2.81. The van der Waals surface area contributed by atoms with Gasteiger partial charge in [0, 0.05) is 17.9 Å². The molecule has 3 aromatic rings. The molecule has 0 atom stereocenters. The average molecular weight is 518 g/mol. The van der Waals surface area contributed by atoms with Crippen LogP contribution in [0.2, 0.25) is 0 Å². The van der Waals surface area contributed by atoms with E-state index in [1.54, 1.807) is 19.1 Å². The summed E-state index contributed by atoms with van der Waals surface area (Å²) >= 11 is 0. The molecule has 0 aliphatic carbocycles. The van der Waals surface area contributed by atoms with E-state index in [0.29, 0.717) is 12.2 Å². The lowest BCUT2D eigenvalue weighted by atomic mass is 10.1. The summed E-state index contributed by atoms with van der Waals surface area (Å²) in [7, 11) is -6.55. The van der Waals surface area contributed by atoms with Crippen LogP contribution in [0.15, 0.2) is 70.5 Å². The van der Waals surface area contributed by atoms with Gasteiger partial charge in [-0.25, -0.2) is 16.8 Å². The summed E-state index contributed by atoms with van der Waals surface area (Å²) in [6, 6.07) is 14.5. The molecule has 0 fully saturated rings. The molecule has 0 bridgehead atoms. The van der Waals surface area contributed by atoms with Gasteiger partial charge in [-0.3, -0.25) is 14.2 Å². The fourth-order valence-corrected chi connectivity index (χ4v) is 5.36. The standard InChI is InChI=1S/C24H27N3O6S2/c1-5-25-24(28)22-15-21(12-13-23(22)33-4)35(31,32)26-18-8-10-20(11-9-18)34(29,30)27-19-7-6-16(2)17(3)14-19/h6-15,26-27H,5H2,1-4H3,(H,25,28). The molecular formula is C24H27N3O6S2. The summed E-state index contributed by atoms with van der Waals surface area (Å²) in [6.45, 7) is 5.93. The Morgan fingerprint density at radius 2 is 1.34 bits per heavy atom. The first-order valence-electron chi connectivity index (χ1n) is 10.7. The minimum Gasteiger partial charge on any atom is -0.496 e. The number of aryl methyl sites for hydroxylation is 2. The SMILES string of the molecule is CCNC(=O)c1cc(S(=O)(=O)Nc2ccc(S(=O)(=O)Nc3ccc(C)c(C)c3)cc2)ccc1OC. The van der Waals surface area contributed by atoms with Gasteiger partial charge in [0.15, 0.2) is 0 Å². The second-order valence-corrected chi connectivity index (χ2v) is 11.1. The number of hydrogen-bond acceptors (Lipinski definition) is 6. The molecule has 9 nitrogen and oxygen atoms in total. The summed E-state index contributed by atoms with van der Waals surface area (Å²) < 4.78 is 61.3. The number of carbonyl (C=O) groups is 1. The van der Waals surface area contributed by atoms with Crippen molar-refractivity contribution in [3.63, 3.8) is 0 Å². The fraction of sp³-hybridized carbons (Fsp3) is 0.208. The molecule has 11 heteroatoms. The predicted octanol–water partition coefficient (Wildman–Crippen LogP) is 3.66. The molecule has 0 aliphatic rings. The number of carbonyl (C=O) groups excluding carboxylic acids is 1. The first-order valence-corrected chi connectivity index (χ1v) is 13.6. The first-order chi connectivity index (χ1) is 16.5. The number of nitrogens with one attached hydrogen (secondary N) is 3. The van der Waals surface area contributed by atoms with E-state index < -0.39 is 26.0 Å². The number of benzene rings is 3. The Labute approximate surface area is 205 Å². The van der Waals surface area contributed by atoms with Crippen molar-refractivity contribution in [3.8, 4) is 5.75 Å². The summed E-state index contributed by atoms with van der Waals surface area (Å²) in [5, 5.41) is 2.61. The van der Waals surface area contributed by atoms with Crippen LogP contribution >= 0.6 is 0 Å². The van der Waals surface area contributed by atoms with Gasteiger partial charge in [0.25, 0.3) is 26.0 Å². The minimum absolute atomic E-state index is 0.0263. The second kappa shape index (κ2) is 10.4. The van der Waals surface area contributed by atoms with Gasteiger partial charge in [0.1, 0.15) is 5.75 Å². The van der Waals surface area contributed by atoms with Crippen molar-refractivity contribution >= 4 is 37.3 Å². The number of methoxy groups -OCH3 is 1. The van der Waals surface area contributed by atoms with E-state index in [1.807, 2.05) is 19.9 Å². The molecule has 0 saturated heterocycles. The van der Waals surface area contributed by atoms with Crippen LogP contribution in [0.3, 0.4) is 0 Å². The van der Waals surface area contributed by atoms with E-state index in [9.17, 15) is 21.6 Å². The van der Waals surface area contributed by atoms with Gasteiger partial charge < -0.3 is 10.1 Å². The highest BCUT2D eigenvalue weighted by atomic mass is 32.2. The van der Waals surface area contributed by atoms with E-state index in [4.69, 9.17) is 4.74 Å². The smallest absolute Gasteiger partial charge is 0.261 e. The van der Waals surface area contributed by atoms with Crippen LogP contribution in [0.5, 0.6) is 5.75 Å². The number of ether oxygens (including phenoxy) is 1. The third-order valence-corrected chi connectivity index (χ3v) is 8.02. The zero-order valence-corrected chi connectivity index (χ0v) is 21.4. The topological polar surface area (TPSA) is 131 Å². The summed E-state index contributed by atoms with van der Waals surface area (Å²) in [5.41, 5.74) is 2.66. The molecule has 1 amide bonds. The van der Waals surface area contributed by atoms with Crippen molar-refractivity contribution in [2.24, 2.45) is 0 Å². The van der Waals surface area contributed by atoms with E-state index in [2.05, 4.69) is 14.8 Å². The molecule has 3 rings (SSSR count). The third-order valence-electron chi connectivity index (χ3n) is 5.24. The van der Waals surface area contributed by atoms with Crippen molar-refractivity contribution in [2.75, 3.05) is 23.1 Å². The summed E-state index contributed by atoms with van der Waals surface area (Å²) in [6.07, 6.45) is 0. The van der Waals surface area contributed by atoms with Crippen LogP contribution in [-0.2, 0) is 20.0 Å². The van der Waals surface area contributed by atoms with Crippen LogP contribution in [0.4, 0.5) is 11.4 Å². The molecule has 0 spiro atoms. The maximum atomic E-state index is 12.9. The minimum atomic E-state index is -4.07. The number of rotatable bonds is 9. The number of anilines is 2. The molecule has 35 heavy (non-hydrogen) atoms. The Hall–Kier alpha value is -3.57. The number of hydrogen-bond donors (Lipinski definition) is 3. The van der Waals surface area contributed by atoms with Crippen molar-refractivity contribution in [1.82, 2.24) is 5.32 Å². The predicted molar refractivity (Wildman–Crippen MR) is 135 cm³/mol. The molecule has 3 aromatic carbocycles. The highest BCUT2D eigenvalue weighted by Gasteiger charge is 2.21. The highest BCUT2D eigenvalue weighted by Crippen LogP contribution is 2.25. The number of amides is 1. The lowest BCUT2D eigenvalue weighted by Gasteiger charge is -2.13. The summed E-state index contributed by atoms with van der Waals surface area (Å²) in [5.74, 6) is -0.229. The van der Waals surface area contributed by atoms with E-state index >= 15 is 0 Å². The molecule has 3 N–H and O–H groups in total.